The molecule has 1 heterocycles. The first-order valence-electron chi connectivity index (χ1n) is 8.25. The van der Waals surface area contributed by atoms with Gasteiger partial charge in [0.15, 0.2) is 11.8 Å². The standard InChI is InChI=1S/C16H31NO3/c1-3-5-7-15(18)11-13-9-10-14(17(13)20)12-16(19)8-6-4-2/h13,15-16,18-19H,3-12H2,1-2H3/t13-,15-,16+/m0/s1. The zero-order chi connectivity index (χ0) is 15.0. The second kappa shape index (κ2) is 9.35. The molecule has 0 aromatic heterocycles. The summed E-state index contributed by atoms with van der Waals surface area (Å²) in [4.78, 5) is 0. The van der Waals surface area contributed by atoms with Gasteiger partial charge in [-0.25, -0.2) is 4.74 Å². The number of unbranched alkanes of at least 4 members (excludes halogenated alkanes) is 2. The van der Waals surface area contributed by atoms with E-state index in [2.05, 4.69) is 13.8 Å². The number of nitrogens with zero attached hydrogens (tertiary/aromatic N) is 1. The molecule has 0 bridgehead atoms. The Morgan fingerprint density at radius 3 is 2.35 bits per heavy atom. The van der Waals surface area contributed by atoms with Gasteiger partial charge in [-0.15, -0.1) is 0 Å². The third-order valence-corrected chi connectivity index (χ3v) is 4.21. The molecule has 3 atom stereocenters. The Labute approximate surface area is 123 Å². The van der Waals surface area contributed by atoms with Gasteiger partial charge in [-0.1, -0.05) is 39.5 Å². The Morgan fingerprint density at radius 2 is 1.75 bits per heavy atom. The first-order chi connectivity index (χ1) is 9.58. The molecular formula is C16H31NO3. The molecule has 1 aliphatic heterocycles. The lowest BCUT2D eigenvalue weighted by Crippen LogP contribution is -2.26. The average molecular weight is 285 g/mol. The molecule has 0 spiro atoms. The molecule has 118 valence electrons. The van der Waals surface area contributed by atoms with Gasteiger partial charge in [-0.2, -0.15) is 0 Å². The van der Waals surface area contributed by atoms with Crippen LogP contribution in [0.1, 0.15) is 78.1 Å². The number of hydrogen-bond acceptors (Lipinski definition) is 3. The highest BCUT2D eigenvalue weighted by atomic mass is 16.5. The molecule has 20 heavy (non-hydrogen) atoms. The van der Waals surface area contributed by atoms with Crippen LogP contribution in [0, 0.1) is 5.21 Å². The van der Waals surface area contributed by atoms with Gasteiger partial charge in [0.1, 0.15) is 0 Å². The summed E-state index contributed by atoms with van der Waals surface area (Å²) in [5.74, 6) is 0. The molecule has 2 N–H and O–H groups in total. The van der Waals surface area contributed by atoms with Crippen molar-refractivity contribution >= 4 is 5.71 Å². The molecule has 0 radical (unpaired) electrons. The van der Waals surface area contributed by atoms with Crippen LogP contribution in [0.25, 0.3) is 0 Å². The lowest BCUT2D eigenvalue weighted by atomic mass is 10.0. The summed E-state index contributed by atoms with van der Waals surface area (Å²) in [5, 5.41) is 32.0. The van der Waals surface area contributed by atoms with Crippen LogP contribution in [0.2, 0.25) is 0 Å². The molecular weight excluding hydrogens is 254 g/mol. The first-order valence-corrected chi connectivity index (χ1v) is 8.25. The van der Waals surface area contributed by atoms with Crippen LogP contribution in [0.3, 0.4) is 0 Å². The third kappa shape index (κ3) is 5.80. The van der Waals surface area contributed by atoms with Crippen LogP contribution in [-0.2, 0) is 0 Å². The van der Waals surface area contributed by atoms with Crippen molar-refractivity contribution in [1.29, 1.82) is 0 Å². The van der Waals surface area contributed by atoms with Crippen molar-refractivity contribution in [3.8, 4) is 0 Å². The second-order valence-corrected chi connectivity index (χ2v) is 6.12. The molecule has 4 heteroatoms. The van der Waals surface area contributed by atoms with Crippen molar-refractivity contribution in [3.05, 3.63) is 5.21 Å². The quantitative estimate of drug-likeness (QED) is 0.479. The van der Waals surface area contributed by atoms with Crippen molar-refractivity contribution in [3.63, 3.8) is 0 Å². The highest BCUT2D eigenvalue weighted by molar-refractivity contribution is 5.81. The van der Waals surface area contributed by atoms with Crippen molar-refractivity contribution in [2.24, 2.45) is 0 Å². The summed E-state index contributed by atoms with van der Waals surface area (Å²) in [6.07, 6.45) is 7.65. The highest BCUT2D eigenvalue weighted by Crippen LogP contribution is 2.22. The maximum Gasteiger partial charge on any atom is 0.166 e. The first kappa shape index (κ1) is 17.4. The molecule has 1 aliphatic rings. The van der Waals surface area contributed by atoms with Crippen molar-refractivity contribution in [2.45, 2.75) is 96.3 Å². The van der Waals surface area contributed by atoms with Crippen molar-refractivity contribution in [2.75, 3.05) is 0 Å². The lowest BCUT2D eigenvalue weighted by Gasteiger charge is -2.16. The fraction of sp³-hybridized carbons (Fsp3) is 0.938. The van der Waals surface area contributed by atoms with Gasteiger partial charge >= 0.3 is 0 Å². The van der Waals surface area contributed by atoms with Crippen molar-refractivity contribution in [1.82, 2.24) is 0 Å². The van der Waals surface area contributed by atoms with E-state index in [1.165, 1.54) is 0 Å². The normalized spacial score (nSPS) is 22.3. The molecule has 0 amide bonds. The zero-order valence-corrected chi connectivity index (χ0v) is 13.1. The van der Waals surface area contributed by atoms with E-state index in [0.717, 1.165) is 61.8 Å². The van der Waals surface area contributed by atoms with Gasteiger partial charge in [0.25, 0.3) is 0 Å². The molecule has 0 aromatic carbocycles. The molecule has 0 fully saturated rings. The summed E-state index contributed by atoms with van der Waals surface area (Å²) in [6.45, 7) is 4.20. The highest BCUT2D eigenvalue weighted by Gasteiger charge is 2.31. The number of rotatable bonds is 10. The number of hydroxylamine groups is 1. The Bertz CT molecular complexity index is 304. The minimum atomic E-state index is -0.384. The minimum absolute atomic E-state index is 0.0877. The fourth-order valence-electron chi connectivity index (χ4n) is 2.91. The smallest absolute Gasteiger partial charge is 0.166 e. The van der Waals surface area contributed by atoms with Gasteiger partial charge in [0.2, 0.25) is 0 Å². The number of aliphatic hydroxyl groups excluding tert-OH is 2. The summed E-state index contributed by atoms with van der Waals surface area (Å²) in [5.41, 5.74) is 0.821. The number of hydrogen-bond donors (Lipinski definition) is 2. The summed E-state index contributed by atoms with van der Waals surface area (Å²) < 4.78 is 1.07. The van der Waals surface area contributed by atoms with E-state index in [1.807, 2.05) is 0 Å². The fourth-order valence-corrected chi connectivity index (χ4v) is 2.91. The monoisotopic (exact) mass is 285 g/mol. The van der Waals surface area contributed by atoms with Crippen LogP contribution >= 0.6 is 0 Å². The van der Waals surface area contributed by atoms with E-state index in [0.29, 0.717) is 12.8 Å². The predicted octanol–water partition coefficient (Wildman–Crippen LogP) is 2.98. The van der Waals surface area contributed by atoms with Crippen LogP contribution in [0.4, 0.5) is 0 Å². The molecule has 0 aromatic rings. The van der Waals surface area contributed by atoms with Gasteiger partial charge in [0.05, 0.1) is 18.6 Å². The largest absolute Gasteiger partial charge is 0.624 e. The average Bonchev–Trinajstić information content (AvgIpc) is 2.75. The maximum absolute atomic E-state index is 12.2. The summed E-state index contributed by atoms with van der Waals surface area (Å²) in [7, 11) is 0. The van der Waals surface area contributed by atoms with Gasteiger partial charge < -0.3 is 15.4 Å². The molecule has 0 aliphatic carbocycles. The Kier molecular flexibility index (Phi) is 8.15. The zero-order valence-electron chi connectivity index (χ0n) is 13.1. The van der Waals surface area contributed by atoms with Gasteiger partial charge in [-0.05, 0) is 12.8 Å². The van der Waals surface area contributed by atoms with Crippen LogP contribution in [-0.4, -0.2) is 38.9 Å². The van der Waals surface area contributed by atoms with Crippen LogP contribution in [0.15, 0.2) is 0 Å². The van der Waals surface area contributed by atoms with E-state index in [-0.39, 0.29) is 18.2 Å². The molecule has 0 saturated carbocycles. The molecule has 1 rings (SSSR count). The molecule has 0 saturated heterocycles. The summed E-state index contributed by atoms with van der Waals surface area (Å²) in [6, 6.07) is -0.0877. The van der Waals surface area contributed by atoms with E-state index in [9.17, 15) is 15.4 Å². The SMILES string of the molecule is CCCC[C@@H](O)CC1=[N+]([O-])[C@H](C[C@@H](O)CCCC)CC1. The number of aliphatic hydroxyl groups is 2. The van der Waals surface area contributed by atoms with E-state index >= 15 is 0 Å². The van der Waals surface area contributed by atoms with E-state index in [1.54, 1.807) is 0 Å². The minimum Gasteiger partial charge on any atom is -0.624 e. The maximum atomic E-state index is 12.2. The second-order valence-electron chi connectivity index (χ2n) is 6.12. The Morgan fingerprint density at radius 1 is 1.15 bits per heavy atom. The molecule has 4 nitrogen and oxygen atoms in total. The van der Waals surface area contributed by atoms with Gasteiger partial charge in [-0.3, -0.25) is 0 Å². The van der Waals surface area contributed by atoms with Crippen molar-refractivity contribution < 1.29 is 15.0 Å². The van der Waals surface area contributed by atoms with E-state index in [4.69, 9.17) is 0 Å². The predicted molar refractivity (Wildman–Crippen MR) is 82.0 cm³/mol. The van der Waals surface area contributed by atoms with E-state index < -0.39 is 0 Å². The Balaban J connectivity index is 2.41. The summed E-state index contributed by atoms with van der Waals surface area (Å²) >= 11 is 0. The third-order valence-electron chi connectivity index (χ3n) is 4.21. The van der Waals surface area contributed by atoms with Crippen LogP contribution < -0.4 is 0 Å². The van der Waals surface area contributed by atoms with Gasteiger partial charge in [0, 0.05) is 19.3 Å². The van der Waals surface area contributed by atoms with Crippen LogP contribution in [0.5, 0.6) is 0 Å². The Hall–Kier alpha value is -0.610. The topological polar surface area (TPSA) is 66.5 Å². The molecule has 0 unspecified atom stereocenters. The lowest BCUT2D eigenvalue weighted by molar-refractivity contribution is -0.496.